The molecular formula is C19H20N4OS. The van der Waals surface area contributed by atoms with Crippen LogP contribution in [-0.4, -0.2) is 32.5 Å². The SMILES string of the molecule is Cc1n[nH]c(C)c1C1CCCN1C(=O)c1cnc(-c2ccccc2)s1. The molecule has 1 aromatic carbocycles. The summed E-state index contributed by atoms with van der Waals surface area (Å²) in [6.07, 6.45) is 3.71. The van der Waals surface area contributed by atoms with Gasteiger partial charge in [-0.3, -0.25) is 9.89 Å². The van der Waals surface area contributed by atoms with Crippen molar-refractivity contribution in [2.45, 2.75) is 32.7 Å². The molecule has 2 aromatic heterocycles. The zero-order valence-corrected chi connectivity index (χ0v) is 15.1. The van der Waals surface area contributed by atoms with Crippen molar-refractivity contribution in [1.82, 2.24) is 20.1 Å². The molecule has 0 bridgehead atoms. The Morgan fingerprint density at radius 2 is 2.08 bits per heavy atom. The van der Waals surface area contributed by atoms with E-state index in [0.29, 0.717) is 4.88 Å². The molecule has 1 unspecified atom stereocenters. The lowest BCUT2D eigenvalue weighted by Crippen LogP contribution is -2.30. The second kappa shape index (κ2) is 6.44. The Balaban J connectivity index is 1.61. The fourth-order valence-electron chi connectivity index (χ4n) is 3.59. The van der Waals surface area contributed by atoms with E-state index in [1.165, 1.54) is 16.9 Å². The first-order chi connectivity index (χ1) is 12.1. The highest BCUT2D eigenvalue weighted by molar-refractivity contribution is 7.16. The summed E-state index contributed by atoms with van der Waals surface area (Å²) < 4.78 is 0. The third kappa shape index (κ3) is 2.87. The number of aromatic amines is 1. The average Bonchev–Trinajstić information content (AvgIpc) is 3.35. The number of aromatic nitrogens is 3. The number of aryl methyl sites for hydroxylation is 2. The van der Waals surface area contributed by atoms with E-state index in [9.17, 15) is 4.79 Å². The minimum absolute atomic E-state index is 0.0715. The molecule has 1 N–H and O–H groups in total. The normalized spacial score (nSPS) is 17.2. The van der Waals surface area contributed by atoms with E-state index in [-0.39, 0.29) is 11.9 Å². The van der Waals surface area contributed by atoms with E-state index < -0.39 is 0 Å². The molecule has 1 aliphatic heterocycles. The quantitative estimate of drug-likeness (QED) is 0.771. The van der Waals surface area contributed by atoms with Crippen LogP contribution < -0.4 is 0 Å². The van der Waals surface area contributed by atoms with Crippen LogP contribution in [0.1, 0.15) is 45.5 Å². The highest BCUT2D eigenvalue weighted by atomic mass is 32.1. The van der Waals surface area contributed by atoms with Crippen molar-refractivity contribution in [2.24, 2.45) is 0 Å². The van der Waals surface area contributed by atoms with Crippen LogP contribution in [0, 0.1) is 13.8 Å². The Morgan fingerprint density at radius 3 is 2.80 bits per heavy atom. The molecule has 128 valence electrons. The number of carbonyl (C=O) groups is 1. The van der Waals surface area contributed by atoms with Gasteiger partial charge in [0.2, 0.25) is 0 Å². The number of benzene rings is 1. The molecule has 1 amide bonds. The van der Waals surface area contributed by atoms with E-state index in [0.717, 1.165) is 41.3 Å². The molecule has 6 heteroatoms. The van der Waals surface area contributed by atoms with Crippen molar-refractivity contribution in [3.8, 4) is 10.6 Å². The van der Waals surface area contributed by atoms with Crippen LogP contribution in [0.2, 0.25) is 0 Å². The Kier molecular flexibility index (Phi) is 4.13. The van der Waals surface area contributed by atoms with Gasteiger partial charge in [0.25, 0.3) is 5.91 Å². The van der Waals surface area contributed by atoms with Gasteiger partial charge < -0.3 is 4.90 Å². The second-order valence-corrected chi connectivity index (χ2v) is 7.43. The van der Waals surface area contributed by atoms with Gasteiger partial charge in [-0.25, -0.2) is 4.98 Å². The maximum atomic E-state index is 13.1. The molecule has 1 atom stereocenters. The summed E-state index contributed by atoms with van der Waals surface area (Å²) in [6.45, 7) is 4.81. The molecule has 5 nitrogen and oxygen atoms in total. The summed E-state index contributed by atoms with van der Waals surface area (Å²) in [5.41, 5.74) is 4.25. The van der Waals surface area contributed by atoms with Gasteiger partial charge in [-0.1, -0.05) is 30.3 Å². The highest BCUT2D eigenvalue weighted by Crippen LogP contribution is 2.37. The Labute approximate surface area is 150 Å². The van der Waals surface area contributed by atoms with E-state index in [4.69, 9.17) is 0 Å². The number of hydrogen-bond acceptors (Lipinski definition) is 4. The van der Waals surface area contributed by atoms with E-state index in [1.54, 1.807) is 6.20 Å². The maximum absolute atomic E-state index is 13.1. The first-order valence-corrected chi connectivity index (χ1v) is 9.30. The van der Waals surface area contributed by atoms with E-state index in [1.807, 2.05) is 49.1 Å². The molecule has 0 radical (unpaired) electrons. The fraction of sp³-hybridized carbons (Fsp3) is 0.316. The van der Waals surface area contributed by atoms with Crippen LogP contribution in [0.3, 0.4) is 0 Å². The van der Waals surface area contributed by atoms with Gasteiger partial charge in [-0.2, -0.15) is 5.10 Å². The summed E-state index contributed by atoms with van der Waals surface area (Å²) in [7, 11) is 0. The van der Waals surface area contributed by atoms with E-state index in [2.05, 4.69) is 15.2 Å². The number of H-pyrrole nitrogens is 1. The van der Waals surface area contributed by atoms with Crippen molar-refractivity contribution in [3.63, 3.8) is 0 Å². The number of hydrogen-bond donors (Lipinski definition) is 1. The topological polar surface area (TPSA) is 61.9 Å². The lowest BCUT2D eigenvalue weighted by atomic mass is 10.0. The molecule has 0 aliphatic carbocycles. The van der Waals surface area contributed by atoms with Crippen LogP contribution in [-0.2, 0) is 0 Å². The summed E-state index contributed by atoms with van der Waals surface area (Å²) in [6, 6.07) is 10.1. The lowest BCUT2D eigenvalue weighted by molar-refractivity contribution is 0.0740. The van der Waals surface area contributed by atoms with Crippen LogP contribution in [0.4, 0.5) is 0 Å². The monoisotopic (exact) mass is 352 g/mol. The first kappa shape index (κ1) is 16.0. The van der Waals surface area contributed by atoms with Gasteiger partial charge in [0, 0.05) is 23.4 Å². The Hall–Kier alpha value is -2.47. The highest BCUT2D eigenvalue weighted by Gasteiger charge is 2.34. The van der Waals surface area contributed by atoms with Gasteiger partial charge in [0.05, 0.1) is 17.9 Å². The summed E-state index contributed by atoms with van der Waals surface area (Å²) in [4.78, 5) is 20.2. The van der Waals surface area contributed by atoms with E-state index >= 15 is 0 Å². The largest absolute Gasteiger partial charge is 0.331 e. The number of amides is 1. The number of thiazole rings is 1. The molecule has 4 rings (SSSR count). The maximum Gasteiger partial charge on any atom is 0.266 e. The third-order valence-electron chi connectivity index (χ3n) is 4.77. The van der Waals surface area contributed by atoms with Gasteiger partial charge in [-0.15, -0.1) is 11.3 Å². The van der Waals surface area contributed by atoms with Crippen molar-refractivity contribution < 1.29 is 4.79 Å². The standard InChI is InChI=1S/C19H20N4OS/c1-12-17(13(2)22-21-12)15-9-6-10-23(15)19(24)16-11-20-18(25-16)14-7-4-3-5-8-14/h3-5,7-8,11,15H,6,9-10H2,1-2H3,(H,21,22). The van der Waals surface area contributed by atoms with Gasteiger partial charge in [0.1, 0.15) is 9.88 Å². The summed E-state index contributed by atoms with van der Waals surface area (Å²) >= 11 is 1.46. The van der Waals surface area contributed by atoms with Crippen molar-refractivity contribution in [1.29, 1.82) is 0 Å². The summed E-state index contributed by atoms with van der Waals surface area (Å²) in [5.74, 6) is 0.0715. The minimum atomic E-state index is 0.0715. The number of rotatable bonds is 3. The fourth-order valence-corrected chi connectivity index (χ4v) is 4.47. The Bertz CT molecular complexity index is 880. The molecular weight excluding hydrogens is 332 g/mol. The van der Waals surface area contributed by atoms with Crippen molar-refractivity contribution in [3.05, 3.63) is 58.4 Å². The molecule has 1 aliphatic rings. The predicted molar refractivity (Wildman–Crippen MR) is 98.6 cm³/mol. The van der Waals surface area contributed by atoms with Gasteiger partial charge >= 0.3 is 0 Å². The van der Waals surface area contributed by atoms with Crippen LogP contribution in [0.5, 0.6) is 0 Å². The van der Waals surface area contributed by atoms with Crippen LogP contribution >= 0.6 is 11.3 Å². The van der Waals surface area contributed by atoms with Gasteiger partial charge in [0.15, 0.2) is 0 Å². The zero-order valence-electron chi connectivity index (χ0n) is 14.3. The molecule has 3 aromatic rings. The molecule has 1 fully saturated rings. The first-order valence-electron chi connectivity index (χ1n) is 8.49. The van der Waals surface area contributed by atoms with Crippen LogP contribution in [0.15, 0.2) is 36.5 Å². The van der Waals surface area contributed by atoms with Crippen LogP contribution in [0.25, 0.3) is 10.6 Å². The average molecular weight is 352 g/mol. The van der Waals surface area contributed by atoms with Gasteiger partial charge in [-0.05, 0) is 26.7 Å². The lowest BCUT2D eigenvalue weighted by Gasteiger charge is -2.24. The number of carbonyl (C=O) groups excluding carboxylic acids is 1. The molecule has 0 saturated carbocycles. The minimum Gasteiger partial charge on any atom is -0.331 e. The van der Waals surface area contributed by atoms with Crippen molar-refractivity contribution >= 4 is 17.2 Å². The predicted octanol–water partition coefficient (Wildman–Crippen LogP) is 4.13. The molecule has 0 spiro atoms. The number of likely N-dealkylation sites (tertiary alicyclic amines) is 1. The van der Waals surface area contributed by atoms with Crippen molar-refractivity contribution in [2.75, 3.05) is 6.54 Å². The molecule has 3 heterocycles. The molecule has 25 heavy (non-hydrogen) atoms. The third-order valence-corrected chi connectivity index (χ3v) is 5.80. The summed E-state index contributed by atoms with van der Waals surface area (Å²) in [5, 5.41) is 8.22. The second-order valence-electron chi connectivity index (χ2n) is 6.40. The number of nitrogens with zero attached hydrogens (tertiary/aromatic N) is 3. The Morgan fingerprint density at radius 1 is 1.28 bits per heavy atom. The smallest absolute Gasteiger partial charge is 0.266 e. The molecule has 1 saturated heterocycles. The number of nitrogens with one attached hydrogen (secondary N) is 1. The zero-order chi connectivity index (χ0) is 17.4.